The van der Waals surface area contributed by atoms with E-state index in [1.165, 1.54) is 36.8 Å². The van der Waals surface area contributed by atoms with E-state index in [-0.39, 0.29) is 0 Å². The summed E-state index contributed by atoms with van der Waals surface area (Å²) in [6, 6.07) is 7.09. The molecule has 4 bridgehead atoms. The van der Waals surface area contributed by atoms with Crippen LogP contribution < -0.4 is 5.73 Å². The number of benzene rings is 1. The van der Waals surface area contributed by atoms with E-state index in [9.17, 15) is 0 Å². The number of hydrogen-bond acceptors (Lipinski definition) is 1. The molecule has 1 heteroatoms. The molecule has 0 spiro atoms. The minimum Gasteiger partial charge on any atom is -0.326 e. The van der Waals surface area contributed by atoms with Crippen LogP contribution in [0.5, 0.6) is 0 Å². The first-order valence-corrected chi connectivity index (χ1v) is 8.03. The molecule has 1 nitrogen and oxygen atoms in total. The third-order valence-electron chi connectivity index (χ3n) is 6.01. The second-order valence-electron chi connectivity index (χ2n) is 7.41. The van der Waals surface area contributed by atoms with Gasteiger partial charge in [-0.2, -0.15) is 0 Å². The molecule has 0 amide bonds. The smallest absolute Gasteiger partial charge is 0.0178 e. The van der Waals surface area contributed by atoms with Gasteiger partial charge in [-0.05, 0) is 79.7 Å². The van der Waals surface area contributed by atoms with E-state index in [0.717, 1.165) is 29.6 Å². The van der Waals surface area contributed by atoms with E-state index in [4.69, 9.17) is 5.73 Å². The molecule has 0 aliphatic heterocycles. The van der Waals surface area contributed by atoms with Crippen LogP contribution in [0.25, 0.3) is 0 Å². The maximum atomic E-state index is 5.86. The van der Waals surface area contributed by atoms with Crippen LogP contribution >= 0.6 is 0 Å². The van der Waals surface area contributed by atoms with Gasteiger partial charge in [-0.15, -0.1) is 0 Å². The predicted molar refractivity (Wildman–Crippen MR) is 78.9 cm³/mol. The molecular weight excluding hydrogens is 230 g/mol. The summed E-state index contributed by atoms with van der Waals surface area (Å²) >= 11 is 0. The highest BCUT2D eigenvalue weighted by Gasteiger charge is 2.48. The lowest BCUT2D eigenvalue weighted by Gasteiger charge is -2.54. The predicted octanol–water partition coefficient (Wildman–Crippen LogP) is 3.99. The van der Waals surface area contributed by atoms with Gasteiger partial charge in [0.05, 0.1) is 0 Å². The number of rotatable bonds is 2. The Hall–Kier alpha value is -0.820. The Labute approximate surface area is 116 Å². The van der Waals surface area contributed by atoms with Crippen molar-refractivity contribution in [2.24, 2.45) is 29.4 Å². The van der Waals surface area contributed by atoms with Crippen LogP contribution in [0.2, 0.25) is 0 Å². The van der Waals surface area contributed by atoms with Crippen LogP contribution in [0.4, 0.5) is 0 Å². The van der Waals surface area contributed by atoms with Crippen LogP contribution in [-0.4, -0.2) is 0 Å². The summed E-state index contributed by atoms with van der Waals surface area (Å²) in [6.07, 6.45) is 7.56. The Balaban J connectivity index is 1.70. The topological polar surface area (TPSA) is 26.0 Å². The molecule has 0 unspecified atom stereocenters. The molecule has 0 heterocycles. The van der Waals surface area contributed by atoms with Gasteiger partial charge in [-0.3, -0.25) is 0 Å². The van der Waals surface area contributed by atoms with E-state index in [1.807, 2.05) is 0 Å². The van der Waals surface area contributed by atoms with Gasteiger partial charge in [-0.25, -0.2) is 0 Å². The summed E-state index contributed by atoms with van der Waals surface area (Å²) in [4.78, 5) is 0. The lowest BCUT2D eigenvalue weighted by atomic mass is 9.50. The van der Waals surface area contributed by atoms with E-state index >= 15 is 0 Å². The Morgan fingerprint density at radius 3 is 2.16 bits per heavy atom. The quantitative estimate of drug-likeness (QED) is 0.849. The van der Waals surface area contributed by atoms with Crippen LogP contribution in [0, 0.1) is 30.6 Å². The maximum Gasteiger partial charge on any atom is 0.0178 e. The molecule has 5 rings (SSSR count). The Morgan fingerprint density at radius 2 is 1.58 bits per heavy atom. The summed E-state index contributed by atoms with van der Waals surface area (Å²) in [7, 11) is 0. The highest BCUT2D eigenvalue weighted by Crippen LogP contribution is 2.59. The lowest BCUT2D eigenvalue weighted by Crippen LogP contribution is -2.43. The molecule has 0 atom stereocenters. The molecular formula is C18H25N. The molecule has 102 valence electrons. The van der Waals surface area contributed by atoms with E-state index in [2.05, 4.69) is 25.1 Å². The molecule has 4 saturated carbocycles. The van der Waals surface area contributed by atoms with Crippen LogP contribution in [0.15, 0.2) is 18.2 Å². The Morgan fingerprint density at radius 1 is 0.947 bits per heavy atom. The van der Waals surface area contributed by atoms with Gasteiger partial charge in [-0.1, -0.05) is 23.8 Å². The van der Waals surface area contributed by atoms with Gasteiger partial charge in [0, 0.05) is 6.54 Å². The molecule has 4 aliphatic carbocycles. The van der Waals surface area contributed by atoms with Crippen LogP contribution in [0.3, 0.4) is 0 Å². The van der Waals surface area contributed by atoms with Crippen molar-refractivity contribution in [1.29, 1.82) is 0 Å². The summed E-state index contributed by atoms with van der Waals surface area (Å²) < 4.78 is 0. The molecule has 0 aromatic heterocycles. The zero-order chi connectivity index (χ0) is 13.0. The molecule has 1 aromatic carbocycles. The van der Waals surface area contributed by atoms with Crippen molar-refractivity contribution in [2.75, 3.05) is 0 Å². The fourth-order valence-corrected chi connectivity index (χ4v) is 5.67. The molecule has 0 radical (unpaired) electrons. The molecule has 0 saturated heterocycles. The minimum atomic E-state index is 0.683. The number of hydrogen-bond donors (Lipinski definition) is 1. The zero-order valence-corrected chi connectivity index (χ0v) is 11.9. The maximum absolute atomic E-state index is 5.86. The normalized spacial score (nSPS) is 39.8. The minimum absolute atomic E-state index is 0.683. The summed E-state index contributed by atoms with van der Waals surface area (Å²) in [5, 5.41) is 0. The Bertz CT molecular complexity index is 462. The first-order valence-electron chi connectivity index (χ1n) is 8.03. The fourth-order valence-electron chi connectivity index (χ4n) is 5.67. The standard InChI is InChI=1S/C18H25N/c1-11-2-14(10-19)9-15(3-11)18-16-5-12-4-13(7-16)8-17(18)6-12/h2-3,9,12-13,16-18H,4-8,10,19H2,1H3. The summed E-state index contributed by atoms with van der Waals surface area (Å²) in [5.41, 5.74) is 10.2. The van der Waals surface area contributed by atoms with E-state index in [1.54, 1.807) is 12.0 Å². The molecule has 4 fully saturated rings. The molecule has 2 N–H and O–H groups in total. The third-order valence-corrected chi connectivity index (χ3v) is 6.01. The van der Waals surface area contributed by atoms with Crippen molar-refractivity contribution in [2.45, 2.75) is 51.5 Å². The summed E-state index contributed by atoms with van der Waals surface area (Å²) in [5.74, 6) is 4.93. The lowest BCUT2D eigenvalue weighted by molar-refractivity contribution is -0.00281. The van der Waals surface area contributed by atoms with Crippen LogP contribution in [-0.2, 0) is 6.54 Å². The number of aryl methyl sites for hydroxylation is 1. The number of nitrogens with two attached hydrogens (primary N) is 1. The largest absolute Gasteiger partial charge is 0.326 e. The average molecular weight is 255 g/mol. The van der Waals surface area contributed by atoms with Gasteiger partial charge < -0.3 is 5.73 Å². The van der Waals surface area contributed by atoms with Gasteiger partial charge >= 0.3 is 0 Å². The van der Waals surface area contributed by atoms with Gasteiger partial charge in [0.2, 0.25) is 0 Å². The highest BCUT2D eigenvalue weighted by atomic mass is 14.5. The van der Waals surface area contributed by atoms with Crippen molar-refractivity contribution >= 4 is 0 Å². The van der Waals surface area contributed by atoms with Gasteiger partial charge in [0.25, 0.3) is 0 Å². The van der Waals surface area contributed by atoms with Crippen molar-refractivity contribution < 1.29 is 0 Å². The summed E-state index contributed by atoms with van der Waals surface area (Å²) in [6.45, 7) is 2.90. The average Bonchev–Trinajstić information content (AvgIpc) is 2.36. The van der Waals surface area contributed by atoms with E-state index in [0.29, 0.717) is 6.54 Å². The SMILES string of the molecule is Cc1cc(CN)cc(C2C3CC4CC(C3)CC2C4)c1. The Kier molecular flexibility index (Phi) is 2.73. The molecule has 4 aliphatic rings. The van der Waals surface area contributed by atoms with Crippen molar-refractivity contribution in [3.63, 3.8) is 0 Å². The molecule has 1 aromatic rings. The van der Waals surface area contributed by atoms with Crippen molar-refractivity contribution in [1.82, 2.24) is 0 Å². The van der Waals surface area contributed by atoms with Gasteiger partial charge in [0.15, 0.2) is 0 Å². The first kappa shape index (κ1) is 12.0. The van der Waals surface area contributed by atoms with Crippen LogP contribution in [0.1, 0.15) is 54.7 Å². The monoisotopic (exact) mass is 255 g/mol. The first-order chi connectivity index (χ1) is 9.22. The third kappa shape index (κ3) is 1.94. The fraction of sp³-hybridized carbons (Fsp3) is 0.667. The van der Waals surface area contributed by atoms with Crippen molar-refractivity contribution in [3.8, 4) is 0 Å². The highest BCUT2D eigenvalue weighted by molar-refractivity contribution is 5.33. The second kappa shape index (κ2) is 4.34. The van der Waals surface area contributed by atoms with Gasteiger partial charge in [0.1, 0.15) is 0 Å². The molecule has 19 heavy (non-hydrogen) atoms. The van der Waals surface area contributed by atoms with Crippen molar-refractivity contribution in [3.05, 3.63) is 34.9 Å². The van der Waals surface area contributed by atoms with E-state index < -0.39 is 0 Å². The second-order valence-corrected chi connectivity index (χ2v) is 7.41. The zero-order valence-electron chi connectivity index (χ0n) is 11.9.